The number of halogens is 1. The van der Waals surface area contributed by atoms with Crippen molar-refractivity contribution in [2.24, 2.45) is 0 Å². The van der Waals surface area contributed by atoms with Crippen LogP contribution in [0, 0.1) is 6.92 Å². The normalized spacial score (nSPS) is 11.9. The number of hydrogen-bond donors (Lipinski definition) is 1. The topological polar surface area (TPSA) is 65.4 Å². The second kappa shape index (κ2) is 8.06. The molecule has 1 N–H and O–H groups in total. The maximum atomic E-state index is 12.2. The summed E-state index contributed by atoms with van der Waals surface area (Å²) in [5.74, 6) is 1.26. The minimum Gasteiger partial charge on any atom is -0.493 e. The third-order valence-electron chi connectivity index (χ3n) is 3.79. The zero-order chi connectivity index (χ0) is 17.7. The molecule has 7 heteroatoms. The Labute approximate surface area is 146 Å². The highest BCUT2D eigenvalue weighted by Crippen LogP contribution is 2.27. The van der Waals surface area contributed by atoms with Gasteiger partial charge in [-0.2, -0.15) is 5.10 Å². The van der Waals surface area contributed by atoms with Crippen LogP contribution in [0.15, 0.2) is 24.4 Å². The summed E-state index contributed by atoms with van der Waals surface area (Å²) in [5.41, 5.74) is 1.76. The van der Waals surface area contributed by atoms with E-state index in [4.69, 9.17) is 21.1 Å². The molecular weight excluding hydrogens is 330 g/mol. The number of carbonyl (C=O) groups excluding carboxylic acids is 1. The SMILES string of the molecule is COc1ccc(CCNC(=O)C(C)n2cc(Cl)c(C)n2)cc1OC. The third kappa shape index (κ3) is 4.20. The number of nitrogens with zero attached hydrogens (tertiary/aromatic N) is 2. The van der Waals surface area contributed by atoms with Crippen molar-refractivity contribution >= 4 is 17.5 Å². The fourth-order valence-corrected chi connectivity index (χ4v) is 2.43. The maximum Gasteiger partial charge on any atom is 0.244 e. The lowest BCUT2D eigenvalue weighted by Crippen LogP contribution is -2.32. The zero-order valence-electron chi connectivity index (χ0n) is 14.3. The Morgan fingerprint density at radius 2 is 2.04 bits per heavy atom. The van der Waals surface area contributed by atoms with E-state index in [0.29, 0.717) is 35.2 Å². The highest BCUT2D eigenvalue weighted by Gasteiger charge is 2.16. The summed E-state index contributed by atoms with van der Waals surface area (Å²) in [6.45, 7) is 4.11. The van der Waals surface area contributed by atoms with Gasteiger partial charge in [0.2, 0.25) is 5.91 Å². The fourth-order valence-electron chi connectivity index (χ4n) is 2.29. The van der Waals surface area contributed by atoms with E-state index in [2.05, 4.69) is 10.4 Å². The molecule has 0 aliphatic heterocycles. The van der Waals surface area contributed by atoms with Gasteiger partial charge in [-0.25, -0.2) is 0 Å². The second-order valence-corrected chi connectivity index (χ2v) is 5.86. The van der Waals surface area contributed by atoms with Crippen LogP contribution in [0.2, 0.25) is 5.02 Å². The van der Waals surface area contributed by atoms with Crippen LogP contribution in [-0.2, 0) is 11.2 Å². The van der Waals surface area contributed by atoms with Crippen LogP contribution >= 0.6 is 11.6 Å². The number of aromatic nitrogens is 2. The van der Waals surface area contributed by atoms with Gasteiger partial charge in [0.25, 0.3) is 0 Å². The Kier molecular flexibility index (Phi) is 6.09. The molecule has 0 aliphatic carbocycles. The van der Waals surface area contributed by atoms with Gasteiger partial charge in [-0.05, 0) is 38.0 Å². The molecule has 0 aliphatic rings. The van der Waals surface area contributed by atoms with Crippen LogP contribution in [0.5, 0.6) is 11.5 Å². The molecule has 1 unspecified atom stereocenters. The minimum absolute atomic E-state index is 0.102. The smallest absolute Gasteiger partial charge is 0.244 e. The molecule has 0 fully saturated rings. The summed E-state index contributed by atoms with van der Waals surface area (Å²) in [6.07, 6.45) is 2.35. The van der Waals surface area contributed by atoms with Crippen LogP contribution in [-0.4, -0.2) is 36.5 Å². The molecule has 0 radical (unpaired) electrons. The van der Waals surface area contributed by atoms with Crippen molar-refractivity contribution in [3.05, 3.63) is 40.7 Å². The quantitative estimate of drug-likeness (QED) is 0.833. The number of carbonyl (C=O) groups is 1. The number of benzene rings is 1. The second-order valence-electron chi connectivity index (χ2n) is 5.45. The number of nitrogens with one attached hydrogen (secondary N) is 1. The molecule has 24 heavy (non-hydrogen) atoms. The van der Waals surface area contributed by atoms with E-state index in [1.807, 2.05) is 18.2 Å². The number of methoxy groups -OCH3 is 2. The molecular formula is C17H22ClN3O3. The number of rotatable bonds is 7. The summed E-state index contributed by atoms with van der Waals surface area (Å²) in [5, 5.41) is 7.70. The van der Waals surface area contributed by atoms with Gasteiger partial charge >= 0.3 is 0 Å². The Balaban J connectivity index is 1.90. The fraction of sp³-hybridized carbons (Fsp3) is 0.412. The van der Waals surface area contributed by atoms with E-state index >= 15 is 0 Å². The van der Waals surface area contributed by atoms with E-state index in [0.717, 1.165) is 5.56 Å². The summed E-state index contributed by atoms with van der Waals surface area (Å²) >= 11 is 5.98. The van der Waals surface area contributed by atoms with Gasteiger partial charge in [0, 0.05) is 12.7 Å². The number of amides is 1. The number of ether oxygens (including phenoxy) is 2. The first kappa shape index (κ1) is 18.1. The molecule has 1 amide bonds. The van der Waals surface area contributed by atoms with E-state index in [9.17, 15) is 4.79 Å². The summed E-state index contributed by atoms with van der Waals surface area (Å²) in [7, 11) is 3.20. The van der Waals surface area contributed by atoms with Gasteiger partial charge in [-0.15, -0.1) is 0 Å². The molecule has 1 atom stereocenters. The van der Waals surface area contributed by atoms with E-state index < -0.39 is 6.04 Å². The van der Waals surface area contributed by atoms with Crippen molar-refractivity contribution in [1.82, 2.24) is 15.1 Å². The van der Waals surface area contributed by atoms with Gasteiger partial charge < -0.3 is 14.8 Å². The molecule has 1 aromatic carbocycles. The van der Waals surface area contributed by atoms with Crippen molar-refractivity contribution in [2.45, 2.75) is 26.3 Å². The monoisotopic (exact) mass is 351 g/mol. The summed E-state index contributed by atoms with van der Waals surface area (Å²) in [6, 6.07) is 5.30. The van der Waals surface area contributed by atoms with Gasteiger partial charge in [0.1, 0.15) is 6.04 Å². The highest BCUT2D eigenvalue weighted by molar-refractivity contribution is 6.31. The Morgan fingerprint density at radius 3 is 2.62 bits per heavy atom. The Bertz CT molecular complexity index is 696. The van der Waals surface area contributed by atoms with Gasteiger partial charge in [0.05, 0.1) is 24.9 Å². The third-order valence-corrected chi connectivity index (χ3v) is 4.16. The average molecular weight is 352 g/mol. The molecule has 0 saturated carbocycles. The first-order valence-corrected chi connectivity index (χ1v) is 8.04. The van der Waals surface area contributed by atoms with E-state index in [-0.39, 0.29) is 5.91 Å². The van der Waals surface area contributed by atoms with Crippen molar-refractivity contribution in [3.8, 4) is 11.5 Å². The van der Waals surface area contributed by atoms with E-state index in [1.165, 1.54) is 0 Å². The van der Waals surface area contributed by atoms with Crippen molar-refractivity contribution in [2.75, 3.05) is 20.8 Å². The standard InChI is InChI=1S/C17H22ClN3O3/c1-11-14(18)10-21(20-11)12(2)17(22)19-8-7-13-5-6-15(23-3)16(9-13)24-4/h5-6,9-10,12H,7-8H2,1-4H3,(H,19,22). The molecule has 0 spiro atoms. The lowest BCUT2D eigenvalue weighted by Gasteiger charge is -2.13. The molecule has 6 nitrogen and oxygen atoms in total. The van der Waals surface area contributed by atoms with Crippen LogP contribution < -0.4 is 14.8 Å². The Morgan fingerprint density at radius 1 is 1.33 bits per heavy atom. The van der Waals surface area contributed by atoms with Crippen LogP contribution in [0.1, 0.15) is 24.2 Å². The van der Waals surface area contributed by atoms with Crippen LogP contribution in [0.4, 0.5) is 0 Å². The molecule has 1 heterocycles. The predicted octanol–water partition coefficient (Wildman–Crippen LogP) is 2.78. The first-order chi connectivity index (χ1) is 11.5. The first-order valence-electron chi connectivity index (χ1n) is 7.66. The van der Waals surface area contributed by atoms with Gasteiger partial charge in [-0.1, -0.05) is 17.7 Å². The molecule has 0 bridgehead atoms. The molecule has 2 rings (SSSR count). The van der Waals surface area contributed by atoms with E-state index in [1.54, 1.807) is 38.9 Å². The predicted molar refractivity (Wildman–Crippen MR) is 92.9 cm³/mol. The molecule has 130 valence electrons. The average Bonchev–Trinajstić information content (AvgIpc) is 2.92. The maximum absolute atomic E-state index is 12.2. The van der Waals surface area contributed by atoms with Crippen molar-refractivity contribution < 1.29 is 14.3 Å². The molecule has 0 saturated heterocycles. The summed E-state index contributed by atoms with van der Waals surface area (Å²) < 4.78 is 12.1. The zero-order valence-corrected chi connectivity index (χ0v) is 15.1. The number of hydrogen-bond acceptors (Lipinski definition) is 4. The summed E-state index contributed by atoms with van der Waals surface area (Å²) in [4.78, 5) is 12.2. The lowest BCUT2D eigenvalue weighted by atomic mass is 10.1. The largest absolute Gasteiger partial charge is 0.493 e. The van der Waals surface area contributed by atoms with Crippen molar-refractivity contribution in [3.63, 3.8) is 0 Å². The number of aryl methyl sites for hydroxylation is 1. The van der Waals surface area contributed by atoms with Gasteiger partial charge in [-0.3, -0.25) is 9.48 Å². The van der Waals surface area contributed by atoms with Crippen LogP contribution in [0.3, 0.4) is 0 Å². The molecule has 2 aromatic rings. The highest BCUT2D eigenvalue weighted by atomic mass is 35.5. The van der Waals surface area contributed by atoms with Crippen LogP contribution in [0.25, 0.3) is 0 Å². The van der Waals surface area contributed by atoms with Gasteiger partial charge in [0.15, 0.2) is 11.5 Å². The van der Waals surface area contributed by atoms with Crippen molar-refractivity contribution in [1.29, 1.82) is 0 Å². The Hall–Kier alpha value is -2.21. The lowest BCUT2D eigenvalue weighted by molar-refractivity contribution is -0.124. The molecule has 1 aromatic heterocycles. The minimum atomic E-state index is -0.415.